The summed E-state index contributed by atoms with van der Waals surface area (Å²) in [6, 6.07) is 13.1. The van der Waals surface area contributed by atoms with Gasteiger partial charge in [-0.1, -0.05) is 6.07 Å². The summed E-state index contributed by atoms with van der Waals surface area (Å²) in [4.78, 5) is 30.9. The fourth-order valence-corrected chi connectivity index (χ4v) is 4.85. The fourth-order valence-electron chi connectivity index (χ4n) is 4.16. The van der Waals surface area contributed by atoms with E-state index < -0.39 is 0 Å². The minimum atomic E-state index is -0.149. The van der Waals surface area contributed by atoms with E-state index in [2.05, 4.69) is 0 Å². The number of thiophene rings is 1. The Kier molecular flexibility index (Phi) is 5.85. The minimum absolute atomic E-state index is 0.0696. The van der Waals surface area contributed by atoms with Gasteiger partial charge >= 0.3 is 0 Å². The second kappa shape index (κ2) is 9.08. The number of fused-ring (bicyclic) bond motifs is 1. The SMILES string of the molecule is O=C(c1ccco1)N1CCC(C(=O)N(Cc2cccs2)c2ccc3c(c2)OCCO3)CC1. The van der Waals surface area contributed by atoms with Crippen molar-refractivity contribution in [3.63, 3.8) is 0 Å². The average molecular weight is 453 g/mol. The third-order valence-corrected chi connectivity index (χ3v) is 6.72. The van der Waals surface area contributed by atoms with Crippen LogP contribution in [0.1, 0.15) is 28.3 Å². The van der Waals surface area contributed by atoms with E-state index >= 15 is 0 Å². The molecule has 3 aromatic rings. The van der Waals surface area contributed by atoms with E-state index in [9.17, 15) is 9.59 Å². The number of carbonyl (C=O) groups is 2. The molecule has 5 rings (SSSR count). The van der Waals surface area contributed by atoms with E-state index in [0.29, 0.717) is 62.9 Å². The zero-order chi connectivity index (χ0) is 21.9. The Morgan fingerprint density at radius 1 is 1.03 bits per heavy atom. The molecule has 2 aliphatic rings. The van der Waals surface area contributed by atoms with E-state index in [1.54, 1.807) is 28.4 Å². The summed E-state index contributed by atoms with van der Waals surface area (Å²) < 4.78 is 16.6. The largest absolute Gasteiger partial charge is 0.486 e. The number of likely N-dealkylation sites (tertiary alicyclic amines) is 1. The van der Waals surface area contributed by atoms with Crippen molar-refractivity contribution in [1.29, 1.82) is 0 Å². The summed E-state index contributed by atoms with van der Waals surface area (Å²) >= 11 is 1.63. The minimum Gasteiger partial charge on any atom is -0.486 e. The number of amides is 2. The van der Waals surface area contributed by atoms with E-state index in [1.807, 2.05) is 40.6 Å². The summed E-state index contributed by atoms with van der Waals surface area (Å²) in [5.41, 5.74) is 0.793. The maximum atomic E-state index is 13.6. The molecule has 8 heteroatoms. The molecule has 166 valence electrons. The molecular weight excluding hydrogens is 428 g/mol. The van der Waals surface area contributed by atoms with E-state index in [1.165, 1.54) is 6.26 Å². The first-order valence-corrected chi connectivity index (χ1v) is 11.6. The van der Waals surface area contributed by atoms with Crippen LogP contribution in [0.5, 0.6) is 11.5 Å². The van der Waals surface area contributed by atoms with Crippen LogP contribution >= 0.6 is 11.3 Å². The third-order valence-electron chi connectivity index (χ3n) is 5.86. The third kappa shape index (κ3) is 4.23. The molecule has 7 nitrogen and oxygen atoms in total. The van der Waals surface area contributed by atoms with Crippen molar-refractivity contribution in [2.75, 3.05) is 31.2 Å². The Morgan fingerprint density at radius 3 is 2.56 bits per heavy atom. The van der Waals surface area contributed by atoms with Crippen molar-refractivity contribution in [3.05, 3.63) is 64.7 Å². The maximum absolute atomic E-state index is 13.6. The van der Waals surface area contributed by atoms with Crippen LogP contribution in [0.2, 0.25) is 0 Å². The van der Waals surface area contributed by atoms with Crippen molar-refractivity contribution in [2.45, 2.75) is 19.4 Å². The van der Waals surface area contributed by atoms with Crippen LogP contribution in [0.4, 0.5) is 5.69 Å². The molecule has 0 spiro atoms. The highest BCUT2D eigenvalue weighted by Crippen LogP contribution is 2.36. The molecule has 0 saturated carbocycles. The van der Waals surface area contributed by atoms with Crippen LogP contribution in [0.15, 0.2) is 58.5 Å². The van der Waals surface area contributed by atoms with Gasteiger partial charge in [-0.15, -0.1) is 11.3 Å². The van der Waals surface area contributed by atoms with Gasteiger partial charge in [-0.25, -0.2) is 0 Å². The Balaban J connectivity index is 1.33. The summed E-state index contributed by atoms with van der Waals surface area (Å²) in [5.74, 6) is 1.50. The second-order valence-corrected chi connectivity index (χ2v) is 8.91. The predicted molar refractivity (Wildman–Crippen MR) is 120 cm³/mol. The molecule has 1 fully saturated rings. The van der Waals surface area contributed by atoms with Gasteiger partial charge in [-0.2, -0.15) is 0 Å². The molecule has 4 heterocycles. The molecule has 2 aromatic heterocycles. The number of hydrogen-bond donors (Lipinski definition) is 0. The van der Waals surface area contributed by atoms with E-state index in [0.717, 1.165) is 10.6 Å². The van der Waals surface area contributed by atoms with Crippen molar-refractivity contribution >= 4 is 28.8 Å². The van der Waals surface area contributed by atoms with Crippen LogP contribution in [0.3, 0.4) is 0 Å². The molecule has 1 saturated heterocycles. The zero-order valence-corrected chi connectivity index (χ0v) is 18.4. The van der Waals surface area contributed by atoms with E-state index in [4.69, 9.17) is 13.9 Å². The Hall–Kier alpha value is -3.26. The lowest BCUT2D eigenvalue weighted by atomic mass is 9.94. The molecule has 2 amide bonds. The van der Waals surface area contributed by atoms with Crippen molar-refractivity contribution < 1.29 is 23.5 Å². The van der Waals surface area contributed by atoms with Gasteiger partial charge in [0, 0.05) is 35.6 Å². The number of hydrogen-bond acceptors (Lipinski definition) is 6. The van der Waals surface area contributed by atoms with Gasteiger partial charge in [0.15, 0.2) is 17.3 Å². The first kappa shape index (κ1) is 20.6. The summed E-state index contributed by atoms with van der Waals surface area (Å²) in [6.45, 7) is 2.59. The smallest absolute Gasteiger partial charge is 0.289 e. The van der Waals surface area contributed by atoms with Gasteiger partial charge in [0.25, 0.3) is 5.91 Å². The molecule has 1 aromatic carbocycles. The van der Waals surface area contributed by atoms with Crippen LogP contribution < -0.4 is 14.4 Å². The molecule has 0 radical (unpaired) electrons. The van der Waals surface area contributed by atoms with Crippen molar-refractivity contribution in [3.8, 4) is 11.5 Å². The van der Waals surface area contributed by atoms with Crippen molar-refractivity contribution in [2.24, 2.45) is 5.92 Å². The highest BCUT2D eigenvalue weighted by Gasteiger charge is 2.32. The quantitative estimate of drug-likeness (QED) is 0.580. The summed E-state index contributed by atoms with van der Waals surface area (Å²) in [5, 5.41) is 2.01. The Labute approximate surface area is 190 Å². The monoisotopic (exact) mass is 452 g/mol. The first-order valence-electron chi connectivity index (χ1n) is 10.8. The molecule has 0 bridgehead atoms. The van der Waals surface area contributed by atoms with Crippen molar-refractivity contribution in [1.82, 2.24) is 4.90 Å². The number of nitrogens with zero attached hydrogens (tertiary/aromatic N) is 2. The lowest BCUT2D eigenvalue weighted by molar-refractivity contribution is -0.123. The van der Waals surface area contributed by atoms with E-state index in [-0.39, 0.29) is 17.7 Å². The Morgan fingerprint density at radius 2 is 1.84 bits per heavy atom. The number of carbonyl (C=O) groups excluding carboxylic acids is 2. The average Bonchev–Trinajstić information content (AvgIpc) is 3.56. The zero-order valence-electron chi connectivity index (χ0n) is 17.6. The molecule has 0 atom stereocenters. The lowest BCUT2D eigenvalue weighted by Gasteiger charge is -2.34. The number of ether oxygens (including phenoxy) is 2. The van der Waals surface area contributed by atoms with Gasteiger partial charge in [0.1, 0.15) is 13.2 Å². The van der Waals surface area contributed by atoms with Crippen LogP contribution in [-0.2, 0) is 11.3 Å². The molecule has 0 N–H and O–H groups in total. The summed E-state index contributed by atoms with van der Waals surface area (Å²) in [7, 11) is 0. The van der Waals surface area contributed by atoms with Gasteiger partial charge < -0.3 is 23.7 Å². The molecule has 32 heavy (non-hydrogen) atoms. The normalized spacial score (nSPS) is 16.1. The number of furan rings is 1. The number of benzene rings is 1. The predicted octanol–water partition coefficient (Wildman–Crippen LogP) is 4.20. The molecule has 2 aliphatic heterocycles. The highest BCUT2D eigenvalue weighted by molar-refractivity contribution is 7.09. The standard InChI is InChI=1S/C24H24N2O5S/c27-23(17-7-9-25(10-8-17)24(28)21-4-1-11-29-21)26(16-19-3-2-14-32-19)18-5-6-20-22(15-18)31-13-12-30-20/h1-6,11,14-15,17H,7-10,12-13,16H2. The number of rotatable bonds is 5. The van der Waals surface area contributed by atoms with Crippen LogP contribution in [-0.4, -0.2) is 43.0 Å². The lowest BCUT2D eigenvalue weighted by Crippen LogP contribution is -2.44. The molecule has 0 unspecified atom stereocenters. The van der Waals surface area contributed by atoms with Crippen LogP contribution in [0, 0.1) is 5.92 Å². The highest BCUT2D eigenvalue weighted by atomic mass is 32.1. The Bertz CT molecular complexity index is 1070. The topological polar surface area (TPSA) is 72.2 Å². The molecule has 0 aliphatic carbocycles. The first-order chi connectivity index (χ1) is 15.7. The van der Waals surface area contributed by atoms with Gasteiger partial charge in [-0.05, 0) is 48.6 Å². The second-order valence-electron chi connectivity index (χ2n) is 7.88. The van der Waals surface area contributed by atoms with Gasteiger partial charge in [-0.3, -0.25) is 9.59 Å². The number of piperidine rings is 1. The fraction of sp³-hybridized carbons (Fsp3) is 0.333. The van der Waals surface area contributed by atoms with Gasteiger partial charge in [0.05, 0.1) is 12.8 Å². The molecular formula is C24H24N2O5S. The van der Waals surface area contributed by atoms with Crippen LogP contribution in [0.25, 0.3) is 0 Å². The summed E-state index contributed by atoms with van der Waals surface area (Å²) in [6.07, 6.45) is 2.74. The van der Waals surface area contributed by atoms with Gasteiger partial charge in [0.2, 0.25) is 5.91 Å². The maximum Gasteiger partial charge on any atom is 0.289 e. The number of anilines is 1.